The van der Waals surface area contributed by atoms with Crippen molar-refractivity contribution in [2.75, 3.05) is 13.1 Å². The molecule has 0 aromatic carbocycles. The van der Waals surface area contributed by atoms with Crippen LogP contribution in [0.5, 0.6) is 0 Å². The van der Waals surface area contributed by atoms with Crippen molar-refractivity contribution < 1.29 is 0 Å². The molecule has 6 heteroatoms. The number of hydrogen-bond acceptors (Lipinski definition) is 4. The first-order valence-electron chi connectivity index (χ1n) is 8.00. The van der Waals surface area contributed by atoms with Crippen LogP contribution in [0.15, 0.2) is 29.2 Å². The number of pyridine rings is 1. The number of likely N-dealkylation sites (tertiary alicyclic amines) is 1. The van der Waals surface area contributed by atoms with Crippen LogP contribution in [-0.2, 0) is 6.54 Å². The van der Waals surface area contributed by atoms with Crippen LogP contribution in [0.2, 0.25) is 0 Å². The average Bonchev–Trinajstić information content (AvgIpc) is 2.48. The van der Waals surface area contributed by atoms with E-state index in [0.717, 1.165) is 37.3 Å². The Morgan fingerprint density at radius 1 is 1.43 bits per heavy atom. The molecule has 0 amide bonds. The maximum absolute atomic E-state index is 12.3. The SMILES string of the molecule is Cc1ccc2nc(CN3CCCC(C(C)N)C3)cc(=O)n2c1.Cl. The number of aryl methyl sites for hydroxylation is 1. The Balaban J connectivity index is 0.00000192. The number of hydrogen-bond donors (Lipinski definition) is 1. The predicted molar refractivity (Wildman–Crippen MR) is 95.1 cm³/mol. The highest BCUT2D eigenvalue weighted by Gasteiger charge is 2.23. The topological polar surface area (TPSA) is 63.6 Å². The molecule has 2 aromatic heterocycles. The van der Waals surface area contributed by atoms with E-state index in [2.05, 4.69) is 16.8 Å². The second-order valence-corrected chi connectivity index (χ2v) is 6.52. The fraction of sp³-hybridized carbons (Fsp3) is 0.529. The molecule has 3 rings (SSSR count). The van der Waals surface area contributed by atoms with E-state index >= 15 is 0 Å². The van der Waals surface area contributed by atoms with Gasteiger partial charge >= 0.3 is 0 Å². The third-order valence-corrected chi connectivity index (χ3v) is 4.53. The molecule has 2 N–H and O–H groups in total. The van der Waals surface area contributed by atoms with Crippen molar-refractivity contribution in [3.8, 4) is 0 Å². The highest BCUT2D eigenvalue weighted by Crippen LogP contribution is 2.20. The molecule has 1 fully saturated rings. The minimum atomic E-state index is -0.00977. The summed E-state index contributed by atoms with van der Waals surface area (Å²) in [6.07, 6.45) is 4.20. The highest BCUT2D eigenvalue weighted by atomic mass is 35.5. The summed E-state index contributed by atoms with van der Waals surface area (Å²) >= 11 is 0. The lowest BCUT2D eigenvalue weighted by Crippen LogP contribution is -2.42. The second-order valence-electron chi connectivity index (χ2n) is 6.52. The van der Waals surface area contributed by atoms with E-state index in [1.165, 1.54) is 6.42 Å². The predicted octanol–water partition coefficient (Wildman–Crippen LogP) is 1.98. The lowest BCUT2D eigenvalue weighted by Gasteiger charge is -2.34. The van der Waals surface area contributed by atoms with E-state index in [0.29, 0.717) is 11.6 Å². The van der Waals surface area contributed by atoms with Gasteiger partial charge in [-0.1, -0.05) is 6.07 Å². The zero-order chi connectivity index (χ0) is 15.7. The number of fused-ring (bicyclic) bond motifs is 1. The largest absolute Gasteiger partial charge is 0.328 e. The maximum Gasteiger partial charge on any atom is 0.258 e. The third kappa shape index (κ3) is 4.10. The van der Waals surface area contributed by atoms with Crippen LogP contribution in [0.25, 0.3) is 5.65 Å². The van der Waals surface area contributed by atoms with Gasteiger partial charge in [0.25, 0.3) is 5.56 Å². The number of nitrogens with zero attached hydrogens (tertiary/aromatic N) is 3. The summed E-state index contributed by atoms with van der Waals surface area (Å²) in [7, 11) is 0. The van der Waals surface area contributed by atoms with Gasteiger partial charge in [-0.25, -0.2) is 4.98 Å². The normalized spacial score (nSPS) is 20.2. The molecule has 2 atom stereocenters. The van der Waals surface area contributed by atoms with Crippen LogP contribution in [0.4, 0.5) is 0 Å². The Morgan fingerprint density at radius 3 is 2.96 bits per heavy atom. The van der Waals surface area contributed by atoms with Crippen LogP contribution in [0.1, 0.15) is 31.0 Å². The van der Waals surface area contributed by atoms with E-state index < -0.39 is 0 Å². The molecule has 23 heavy (non-hydrogen) atoms. The zero-order valence-electron chi connectivity index (χ0n) is 13.7. The second kappa shape index (κ2) is 7.43. The number of halogens is 1. The molecule has 5 nitrogen and oxygen atoms in total. The van der Waals surface area contributed by atoms with Gasteiger partial charge in [0.15, 0.2) is 0 Å². The standard InChI is InChI=1S/C17H24N4O.ClH/c1-12-5-6-16-19-15(8-17(22)21(16)9-12)11-20-7-3-4-14(10-20)13(2)18;/h5-6,8-9,13-14H,3-4,7,10-11,18H2,1-2H3;1H. The van der Waals surface area contributed by atoms with Crippen LogP contribution >= 0.6 is 12.4 Å². The number of aromatic nitrogens is 2. The molecule has 1 aliphatic heterocycles. The summed E-state index contributed by atoms with van der Waals surface area (Å²) in [5, 5.41) is 0. The van der Waals surface area contributed by atoms with Gasteiger partial charge < -0.3 is 5.73 Å². The van der Waals surface area contributed by atoms with Crippen LogP contribution in [0.3, 0.4) is 0 Å². The summed E-state index contributed by atoms with van der Waals surface area (Å²) in [6, 6.07) is 5.77. The molecule has 0 radical (unpaired) electrons. The van der Waals surface area contributed by atoms with E-state index in [-0.39, 0.29) is 24.0 Å². The van der Waals surface area contributed by atoms with Crippen molar-refractivity contribution in [2.24, 2.45) is 11.7 Å². The Bertz CT molecular complexity index is 728. The summed E-state index contributed by atoms with van der Waals surface area (Å²) in [5.74, 6) is 0.540. The fourth-order valence-electron chi connectivity index (χ4n) is 3.23. The van der Waals surface area contributed by atoms with Gasteiger partial charge in [0.2, 0.25) is 0 Å². The number of rotatable bonds is 3. The smallest absolute Gasteiger partial charge is 0.258 e. The van der Waals surface area contributed by atoms with E-state index in [1.807, 2.05) is 25.3 Å². The molecule has 3 heterocycles. The van der Waals surface area contributed by atoms with Crippen LogP contribution in [-0.4, -0.2) is 33.4 Å². The number of piperidine rings is 1. The highest BCUT2D eigenvalue weighted by molar-refractivity contribution is 5.85. The molecule has 1 saturated heterocycles. The van der Waals surface area contributed by atoms with Gasteiger partial charge in [-0.2, -0.15) is 0 Å². The summed E-state index contributed by atoms with van der Waals surface area (Å²) in [4.78, 5) is 19.2. The molecule has 1 aliphatic rings. The maximum atomic E-state index is 12.3. The quantitative estimate of drug-likeness (QED) is 0.931. The first kappa shape index (κ1) is 17.9. The lowest BCUT2D eigenvalue weighted by atomic mass is 9.92. The van der Waals surface area contributed by atoms with Gasteiger partial charge in [-0.05, 0) is 50.8 Å². The Labute approximate surface area is 142 Å². The van der Waals surface area contributed by atoms with Gasteiger partial charge in [-0.15, -0.1) is 12.4 Å². The van der Waals surface area contributed by atoms with Crippen molar-refractivity contribution in [3.63, 3.8) is 0 Å². The first-order chi connectivity index (χ1) is 10.5. The average molecular weight is 337 g/mol. The Morgan fingerprint density at radius 2 is 2.22 bits per heavy atom. The lowest BCUT2D eigenvalue weighted by molar-refractivity contribution is 0.153. The summed E-state index contributed by atoms with van der Waals surface area (Å²) in [6.45, 7) is 6.83. The molecule has 0 aliphatic carbocycles. The monoisotopic (exact) mass is 336 g/mol. The van der Waals surface area contributed by atoms with Crippen LogP contribution < -0.4 is 11.3 Å². The Kier molecular flexibility index (Phi) is 5.79. The van der Waals surface area contributed by atoms with E-state index in [1.54, 1.807) is 10.5 Å². The first-order valence-corrected chi connectivity index (χ1v) is 8.00. The van der Waals surface area contributed by atoms with Crippen molar-refractivity contribution in [1.29, 1.82) is 0 Å². The van der Waals surface area contributed by atoms with Gasteiger partial charge in [-0.3, -0.25) is 14.1 Å². The third-order valence-electron chi connectivity index (χ3n) is 4.53. The van der Waals surface area contributed by atoms with E-state index in [4.69, 9.17) is 5.73 Å². The molecule has 2 unspecified atom stereocenters. The molecule has 0 saturated carbocycles. The van der Waals surface area contributed by atoms with Crippen molar-refractivity contribution in [3.05, 3.63) is 46.0 Å². The minimum absolute atomic E-state index is 0. The molecule has 0 bridgehead atoms. The molecular weight excluding hydrogens is 312 g/mol. The molecular formula is C17H25ClN4O. The zero-order valence-corrected chi connectivity index (χ0v) is 14.6. The van der Waals surface area contributed by atoms with Gasteiger partial charge in [0, 0.05) is 31.4 Å². The molecule has 0 spiro atoms. The van der Waals surface area contributed by atoms with Crippen molar-refractivity contribution in [2.45, 2.75) is 39.3 Å². The van der Waals surface area contributed by atoms with Gasteiger partial charge in [0.05, 0.1) is 5.69 Å². The van der Waals surface area contributed by atoms with Crippen molar-refractivity contribution >= 4 is 18.1 Å². The summed E-state index contributed by atoms with van der Waals surface area (Å²) < 4.78 is 1.61. The fourth-order valence-corrected chi connectivity index (χ4v) is 3.23. The van der Waals surface area contributed by atoms with Crippen LogP contribution in [0, 0.1) is 12.8 Å². The van der Waals surface area contributed by atoms with E-state index in [9.17, 15) is 4.79 Å². The molecule has 126 valence electrons. The van der Waals surface area contributed by atoms with Crippen molar-refractivity contribution in [1.82, 2.24) is 14.3 Å². The summed E-state index contributed by atoms with van der Waals surface area (Å²) in [5.41, 5.74) is 8.65. The number of nitrogens with two attached hydrogens (primary N) is 1. The Hall–Kier alpha value is -1.43. The minimum Gasteiger partial charge on any atom is -0.328 e. The van der Waals surface area contributed by atoms with Gasteiger partial charge in [0.1, 0.15) is 5.65 Å². The molecule has 2 aromatic rings.